The molecule has 0 radical (unpaired) electrons. The molecule has 0 unspecified atom stereocenters. The Bertz CT molecular complexity index is 159. The fourth-order valence-electron chi connectivity index (χ4n) is 0.820. The third kappa shape index (κ3) is 4.94. The van der Waals surface area contributed by atoms with Crippen molar-refractivity contribution in [1.82, 2.24) is 5.01 Å². The highest BCUT2D eigenvalue weighted by Crippen LogP contribution is 2.00. The van der Waals surface area contributed by atoms with Crippen LogP contribution in [0, 0.1) is 5.92 Å². The first-order valence-electron chi connectivity index (χ1n) is 4.53. The van der Waals surface area contributed by atoms with Gasteiger partial charge in [-0.2, -0.15) is 5.10 Å². The second kappa shape index (κ2) is 5.81. The van der Waals surface area contributed by atoms with Crippen molar-refractivity contribution >= 4 is 5.71 Å². The van der Waals surface area contributed by atoms with Crippen molar-refractivity contribution in [3.05, 3.63) is 12.8 Å². The Morgan fingerprint density at radius 2 is 2.17 bits per heavy atom. The standard InChI is InChI=1S/C10H20N2/c1-6-10(5)11-12(7-2)8-9(3)4/h7,9H,2,6,8H2,1,3-5H3/b11-10-. The van der Waals surface area contributed by atoms with Gasteiger partial charge in [0, 0.05) is 18.5 Å². The van der Waals surface area contributed by atoms with E-state index in [1.54, 1.807) is 6.20 Å². The van der Waals surface area contributed by atoms with Crippen LogP contribution in [0.2, 0.25) is 0 Å². The molecule has 0 aliphatic heterocycles. The fourth-order valence-corrected chi connectivity index (χ4v) is 0.820. The third-order valence-corrected chi connectivity index (χ3v) is 1.57. The number of hydrazone groups is 1. The predicted molar refractivity (Wildman–Crippen MR) is 55.1 cm³/mol. The Morgan fingerprint density at radius 1 is 1.58 bits per heavy atom. The van der Waals surface area contributed by atoms with Crippen molar-refractivity contribution in [1.29, 1.82) is 0 Å². The van der Waals surface area contributed by atoms with Gasteiger partial charge in [-0.1, -0.05) is 27.4 Å². The molecule has 0 saturated heterocycles. The zero-order chi connectivity index (χ0) is 9.56. The van der Waals surface area contributed by atoms with Crippen LogP contribution in [-0.2, 0) is 0 Å². The summed E-state index contributed by atoms with van der Waals surface area (Å²) in [6.07, 6.45) is 2.78. The van der Waals surface area contributed by atoms with Gasteiger partial charge in [-0.3, -0.25) is 5.01 Å². The minimum atomic E-state index is 0.622. The topological polar surface area (TPSA) is 15.6 Å². The Morgan fingerprint density at radius 3 is 2.50 bits per heavy atom. The first-order chi connectivity index (χ1) is 5.60. The van der Waals surface area contributed by atoms with Gasteiger partial charge in [0.15, 0.2) is 0 Å². The minimum absolute atomic E-state index is 0.622. The molecule has 0 aromatic heterocycles. The molecule has 0 amide bonds. The van der Waals surface area contributed by atoms with E-state index >= 15 is 0 Å². The molecule has 0 aromatic carbocycles. The quantitative estimate of drug-likeness (QED) is 0.455. The maximum absolute atomic E-state index is 4.39. The summed E-state index contributed by atoms with van der Waals surface area (Å²) in [5.74, 6) is 0.622. The van der Waals surface area contributed by atoms with Gasteiger partial charge >= 0.3 is 0 Å². The zero-order valence-electron chi connectivity index (χ0n) is 8.67. The third-order valence-electron chi connectivity index (χ3n) is 1.57. The highest BCUT2D eigenvalue weighted by Gasteiger charge is 1.99. The summed E-state index contributed by atoms with van der Waals surface area (Å²) in [5.41, 5.74) is 1.15. The van der Waals surface area contributed by atoms with Gasteiger partial charge in [0.1, 0.15) is 0 Å². The summed E-state index contributed by atoms with van der Waals surface area (Å²) in [5, 5.41) is 6.29. The number of nitrogens with zero attached hydrogens (tertiary/aromatic N) is 2. The maximum atomic E-state index is 4.39. The second-order valence-corrected chi connectivity index (χ2v) is 3.39. The van der Waals surface area contributed by atoms with E-state index in [1.807, 2.05) is 11.9 Å². The molecule has 0 rings (SSSR count). The maximum Gasteiger partial charge on any atom is 0.0431 e. The number of hydrogen-bond donors (Lipinski definition) is 0. The molecule has 2 heteroatoms. The molecular formula is C10H20N2. The van der Waals surface area contributed by atoms with Gasteiger partial charge in [-0.15, -0.1) is 0 Å². The van der Waals surface area contributed by atoms with E-state index in [9.17, 15) is 0 Å². The number of hydrogen-bond acceptors (Lipinski definition) is 2. The van der Waals surface area contributed by atoms with Crippen molar-refractivity contribution < 1.29 is 0 Å². The fraction of sp³-hybridized carbons (Fsp3) is 0.700. The molecule has 0 N–H and O–H groups in total. The smallest absolute Gasteiger partial charge is 0.0431 e. The lowest BCUT2D eigenvalue weighted by atomic mass is 10.2. The molecule has 12 heavy (non-hydrogen) atoms. The minimum Gasteiger partial charge on any atom is -0.273 e. The molecular weight excluding hydrogens is 148 g/mol. The van der Waals surface area contributed by atoms with Crippen LogP contribution >= 0.6 is 0 Å². The van der Waals surface area contributed by atoms with Gasteiger partial charge in [-0.05, 0) is 19.3 Å². The first-order valence-corrected chi connectivity index (χ1v) is 4.53. The first kappa shape index (κ1) is 11.2. The van der Waals surface area contributed by atoms with E-state index in [0.29, 0.717) is 5.92 Å². The van der Waals surface area contributed by atoms with E-state index in [2.05, 4.69) is 32.5 Å². The van der Waals surface area contributed by atoms with Gasteiger partial charge in [-0.25, -0.2) is 0 Å². The van der Waals surface area contributed by atoms with Gasteiger partial charge in [0.05, 0.1) is 0 Å². The van der Waals surface area contributed by atoms with E-state index in [1.165, 1.54) is 0 Å². The second-order valence-electron chi connectivity index (χ2n) is 3.39. The normalized spacial score (nSPS) is 11.9. The Kier molecular flexibility index (Phi) is 5.43. The lowest BCUT2D eigenvalue weighted by Crippen LogP contribution is -2.17. The van der Waals surface area contributed by atoms with E-state index in [-0.39, 0.29) is 0 Å². The molecule has 0 aromatic rings. The van der Waals surface area contributed by atoms with E-state index < -0.39 is 0 Å². The summed E-state index contributed by atoms with van der Waals surface area (Å²) in [7, 11) is 0. The van der Waals surface area contributed by atoms with Crippen LogP contribution in [0.4, 0.5) is 0 Å². The van der Waals surface area contributed by atoms with Crippen molar-refractivity contribution in [2.24, 2.45) is 11.0 Å². The summed E-state index contributed by atoms with van der Waals surface area (Å²) in [6, 6.07) is 0. The molecule has 0 fully saturated rings. The molecule has 0 spiro atoms. The van der Waals surface area contributed by atoms with Crippen molar-refractivity contribution in [3.8, 4) is 0 Å². The van der Waals surface area contributed by atoms with Crippen molar-refractivity contribution in [2.75, 3.05) is 6.54 Å². The van der Waals surface area contributed by atoms with Crippen molar-refractivity contribution in [3.63, 3.8) is 0 Å². The number of rotatable bonds is 5. The van der Waals surface area contributed by atoms with Crippen LogP contribution < -0.4 is 0 Å². The molecule has 2 nitrogen and oxygen atoms in total. The average molecular weight is 168 g/mol. The molecule has 70 valence electrons. The summed E-state index contributed by atoms with van der Waals surface area (Å²) in [4.78, 5) is 0. The molecule has 0 saturated carbocycles. The van der Waals surface area contributed by atoms with E-state index in [0.717, 1.165) is 18.7 Å². The van der Waals surface area contributed by atoms with Gasteiger partial charge in [0.2, 0.25) is 0 Å². The van der Waals surface area contributed by atoms with Crippen LogP contribution in [-0.4, -0.2) is 17.3 Å². The predicted octanol–water partition coefficient (Wildman–Crippen LogP) is 2.87. The van der Waals surface area contributed by atoms with Crippen LogP contribution in [0.5, 0.6) is 0 Å². The lowest BCUT2D eigenvalue weighted by molar-refractivity contribution is 0.346. The monoisotopic (exact) mass is 168 g/mol. The highest BCUT2D eigenvalue weighted by atomic mass is 15.4. The van der Waals surface area contributed by atoms with Crippen LogP contribution in [0.25, 0.3) is 0 Å². The largest absolute Gasteiger partial charge is 0.273 e. The summed E-state index contributed by atoms with van der Waals surface area (Å²) >= 11 is 0. The van der Waals surface area contributed by atoms with Crippen molar-refractivity contribution in [2.45, 2.75) is 34.1 Å². The Balaban J connectivity index is 4.07. The lowest BCUT2D eigenvalue weighted by Gasteiger charge is -2.17. The molecule has 0 bridgehead atoms. The summed E-state index contributed by atoms with van der Waals surface area (Å²) < 4.78 is 0. The Hall–Kier alpha value is -0.790. The van der Waals surface area contributed by atoms with E-state index in [4.69, 9.17) is 0 Å². The van der Waals surface area contributed by atoms with Crippen LogP contribution in [0.15, 0.2) is 17.9 Å². The summed E-state index contributed by atoms with van der Waals surface area (Å²) in [6.45, 7) is 13.2. The van der Waals surface area contributed by atoms with Gasteiger partial charge < -0.3 is 0 Å². The molecule has 0 aliphatic rings. The Labute approximate surface area is 76.0 Å². The SMILES string of the molecule is C=CN(CC(C)C)/N=C(/C)CC. The van der Waals surface area contributed by atoms with Crippen LogP contribution in [0.1, 0.15) is 34.1 Å². The average Bonchev–Trinajstić information content (AvgIpc) is 2.02. The molecule has 0 heterocycles. The van der Waals surface area contributed by atoms with Crippen LogP contribution in [0.3, 0.4) is 0 Å². The van der Waals surface area contributed by atoms with Gasteiger partial charge in [0.25, 0.3) is 0 Å². The molecule has 0 aliphatic carbocycles. The highest BCUT2D eigenvalue weighted by molar-refractivity contribution is 5.81. The zero-order valence-corrected chi connectivity index (χ0v) is 8.67. The molecule has 0 atom stereocenters.